The van der Waals surface area contributed by atoms with Crippen LogP contribution in [0.15, 0.2) is 30.3 Å². The minimum atomic E-state index is -0.390. The maximum Gasteiger partial charge on any atom is 0.211 e. The molecule has 0 amide bonds. The molecule has 9 heteroatoms. The average Bonchev–Trinajstić information content (AvgIpc) is 2.97. The number of nitrogens with one attached hydrogen (secondary N) is 2. The third-order valence-electron chi connectivity index (χ3n) is 3.30. The number of nitrogen functional groups attached to an aromatic ring is 1. The zero-order valence-electron chi connectivity index (χ0n) is 11.6. The van der Waals surface area contributed by atoms with E-state index in [1.54, 1.807) is 18.2 Å². The standard InChI is InChI=1S/C14H12N4O5/c15-13(16)6-1-2-9-10(3-6)18-14(17-9)8-4-7(22-20)5-11(23-21)12(8)19/h1-5,19-21H,(H3,15,16)(H,17,18). The molecule has 2 aromatic carbocycles. The first-order chi connectivity index (χ1) is 11.0. The van der Waals surface area contributed by atoms with Crippen LogP contribution in [0.3, 0.4) is 0 Å². The predicted molar refractivity (Wildman–Crippen MR) is 80.7 cm³/mol. The monoisotopic (exact) mass is 316 g/mol. The number of aromatic nitrogens is 2. The van der Waals surface area contributed by atoms with Crippen LogP contribution in [0.4, 0.5) is 0 Å². The summed E-state index contributed by atoms with van der Waals surface area (Å²) in [5, 5.41) is 35.1. The molecule has 3 aromatic rings. The van der Waals surface area contributed by atoms with Gasteiger partial charge in [-0.25, -0.2) is 15.5 Å². The quantitative estimate of drug-likeness (QED) is 0.186. The van der Waals surface area contributed by atoms with Gasteiger partial charge in [0.1, 0.15) is 11.7 Å². The van der Waals surface area contributed by atoms with E-state index in [4.69, 9.17) is 21.7 Å². The van der Waals surface area contributed by atoms with Crippen LogP contribution in [-0.4, -0.2) is 31.4 Å². The summed E-state index contributed by atoms with van der Waals surface area (Å²) in [4.78, 5) is 15.4. The van der Waals surface area contributed by atoms with E-state index in [2.05, 4.69) is 19.7 Å². The van der Waals surface area contributed by atoms with Crippen LogP contribution in [0.5, 0.6) is 17.2 Å². The zero-order chi connectivity index (χ0) is 16.6. The second-order valence-corrected chi connectivity index (χ2v) is 4.73. The minimum Gasteiger partial charge on any atom is -0.504 e. The van der Waals surface area contributed by atoms with Crippen molar-refractivity contribution < 1.29 is 25.4 Å². The highest BCUT2D eigenvalue weighted by Gasteiger charge is 2.17. The molecule has 0 unspecified atom stereocenters. The van der Waals surface area contributed by atoms with Crippen molar-refractivity contribution in [2.45, 2.75) is 0 Å². The minimum absolute atomic E-state index is 0.0632. The topological polar surface area (TPSA) is 158 Å². The molecular weight excluding hydrogens is 304 g/mol. The molecule has 0 aliphatic carbocycles. The number of nitrogens with zero attached hydrogens (tertiary/aromatic N) is 1. The molecule has 0 fully saturated rings. The number of hydrogen-bond acceptors (Lipinski definition) is 7. The molecule has 0 saturated heterocycles. The number of nitrogens with two attached hydrogens (primary N) is 1. The second-order valence-electron chi connectivity index (χ2n) is 4.73. The van der Waals surface area contributed by atoms with Gasteiger partial charge in [0, 0.05) is 11.6 Å². The van der Waals surface area contributed by atoms with E-state index in [-0.39, 0.29) is 34.5 Å². The highest BCUT2D eigenvalue weighted by Crippen LogP contribution is 2.40. The number of fused-ring (bicyclic) bond motifs is 1. The van der Waals surface area contributed by atoms with Gasteiger partial charge in [-0.05, 0) is 24.3 Å². The summed E-state index contributed by atoms with van der Waals surface area (Å²) in [7, 11) is 0. The summed E-state index contributed by atoms with van der Waals surface area (Å²) in [6.45, 7) is 0. The van der Waals surface area contributed by atoms with Crippen molar-refractivity contribution >= 4 is 16.9 Å². The smallest absolute Gasteiger partial charge is 0.211 e. The predicted octanol–water partition coefficient (Wildman–Crippen LogP) is 1.92. The van der Waals surface area contributed by atoms with Crippen molar-refractivity contribution in [1.82, 2.24) is 9.97 Å². The van der Waals surface area contributed by atoms with E-state index in [1.807, 2.05) is 0 Å². The summed E-state index contributed by atoms with van der Waals surface area (Å²) in [5.74, 6) is -0.602. The second kappa shape index (κ2) is 5.48. The van der Waals surface area contributed by atoms with Crippen LogP contribution < -0.4 is 15.5 Å². The Morgan fingerprint density at radius 1 is 1.17 bits per heavy atom. The SMILES string of the molecule is N=C(N)c1ccc2nc(-c3cc(OO)cc(OO)c3O)[nH]c2c1. The first kappa shape index (κ1) is 14.6. The van der Waals surface area contributed by atoms with Crippen LogP contribution in [-0.2, 0) is 0 Å². The van der Waals surface area contributed by atoms with Gasteiger partial charge in [0.15, 0.2) is 11.5 Å². The summed E-state index contributed by atoms with van der Waals surface area (Å²) < 4.78 is 0. The normalized spacial score (nSPS) is 10.7. The van der Waals surface area contributed by atoms with Gasteiger partial charge in [-0.3, -0.25) is 5.41 Å². The van der Waals surface area contributed by atoms with Gasteiger partial charge in [0.05, 0.1) is 16.6 Å². The molecule has 0 saturated carbocycles. The molecule has 0 atom stereocenters. The molecule has 9 nitrogen and oxygen atoms in total. The number of hydrogen-bond donors (Lipinski definition) is 6. The number of phenols is 1. The fourth-order valence-electron chi connectivity index (χ4n) is 2.19. The largest absolute Gasteiger partial charge is 0.504 e. The fourth-order valence-corrected chi connectivity index (χ4v) is 2.19. The number of H-pyrrole nitrogens is 1. The summed E-state index contributed by atoms with van der Waals surface area (Å²) in [5.41, 5.74) is 7.27. The van der Waals surface area contributed by atoms with Gasteiger partial charge >= 0.3 is 0 Å². The number of amidine groups is 1. The average molecular weight is 316 g/mol. The van der Waals surface area contributed by atoms with Crippen LogP contribution in [0.2, 0.25) is 0 Å². The molecule has 0 spiro atoms. The van der Waals surface area contributed by atoms with E-state index in [0.717, 1.165) is 6.07 Å². The molecule has 0 radical (unpaired) electrons. The van der Waals surface area contributed by atoms with Gasteiger partial charge in [-0.15, -0.1) is 0 Å². The van der Waals surface area contributed by atoms with Gasteiger partial charge in [-0.2, -0.15) is 0 Å². The van der Waals surface area contributed by atoms with Gasteiger partial charge in [0.2, 0.25) is 5.75 Å². The summed E-state index contributed by atoms with van der Waals surface area (Å²) >= 11 is 0. The molecule has 1 aromatic heterocycles. The Hall–Kier alpha value is -3.30. The van der Waals surface area contributed by atoms with Crippen LogP contribution in [0.1, 0.15) is 5.56 Å². The van der Waals surface area contributed by atoms with Crippen LogP contribution >= 0.6 is 0 Å². The lowest BCUT2D eigenvalue weighted by molar-refractivity contribution is -0.145. The molecule has 0 aliphatic rings. The number of aromatic hydroxyl groups is 1. The Bertz CT molecular complexity index is 906. The highest BCUT2D eigenvalue weighted by atomic mass is 17.1. The summed E-state index contributed by atoms with van der Waals surface area (Å²) in [6.07, 6.45) is 0. The molecule has 0 aliphatic heterocycles. The van der Waals surface area contributed by atoms with Gasteiger partial charge < -0.3 is 25.6 Å². The number of imidazole rings is 1. The van der Waals surface area contributed by atoms with E-state index < -0.39 is 0 Å². The Morgan fingerprint density at radius 3 is 2.61 bits per heavy atom. The number of rotatable bonds is 4. The van der Waals surface area contributed by atoms with Gasteiger partial charge in [-0.1, -0.05) is 0 Å². The Kier molecular flexibility index (Phi) is 3.48. The van der Waals surface area contributed by atoms with Crippen molar-refractivity contribution in [1.29, 1.82) is 5.41 Å². The molecule has 1 heterocycles. The van der Waals surface area contributed by atoms with Crippen molar-refractivity contribution in [3.63, 3.8) is 0 Å². The Balaban J connectivity index is 2.18. The Labute approximate surface area is 128 Å². The lowest BCUT2D eigenvalue weighted by Gasteiger charge is -2.07. The van der Waals surface area contributed by atoms with E-state index in [0.29, 0.717) is 16.6 Å². The number of aromatic amines is 1. The maximum absolute atomic E-state index is 10.1. The third-order valence-corrected chi connectivity index (χ3v) is 3.30. The third kappa shape index (κ3) is 2.50. The summed E-state index contributed by atoms with van der Waals surface area (Å²) in [6, 6.07) is 7.35. The van der Waals surface area contributed by atoms with Crippen molar-refractivity contribution in [3.05, 3.63) is 35.9 Å². The zero-order valence-corrected chi connectivity index (χ0v) is 11.6. The molecule has 0 bridgehead atoms. The molecular formula is C14H12N4O5. The van der Waals surface area contributed by atoms with Crippen molar-refractivity contribution in [2.24, 2.45) is 5.73 Å². The molecule has 118 valence electrons. The van der Waals surface area contributed by atoms with E-state index >= 15 is 0 Å². The van der Waals surface area contributed by atoms with E-state index in [9.17, 15) is 5.11 Å². The molecule has 3 rings (SSSR count). The fraction of sp³-hybridized carbons (Fsp3) is 0. The van der Waals surface area contributed by atoms with Crippen molar-refractivity contribution in [2.75, 3.05) is 0 Å². The maximum atomic E-state index is 10.1. The number of phenolic OH excluding ortho intramolecular Hbond substituents is 1. The van der Waals surface area contributed by atoms with Crippen LogP contribution in [0, 0.1) is 5.41 Å². The highest BCUT2D eigenvalue weighted by molar-refractivity contribution is 5.98. The Morgan fingerprint density at radius 2 is 1.96 bits per heavy atom. The lowest BCUT2D eigenvalue weighted by Crippen LogP contribution is -2.10. The van der Waals surface area contributed by atoms with Crippen LogP contribution in [0.25, 0.3) is 22.4 Å². The van der Waals surface area contributed by atoms with Crippen molar-refractivity contribution in [3.8, 4) is 28.6 Å². The molecule has 7 N–H and O–H groups in total. The lowest BCUT2D eigenvalue weighted by atomic mass is 10.1. The first-order valence-corrected chi connectivity index (χ1v) is 6.38. The first-order valence-electron chi connectivity index (χ1n) is 6.38. The molecule has 23 heavy (non-hydrogen) atoms. The van der Waals surface area contributed by atoms with Gasteiger partial charge in [0.25, 0.3) is 0 Å². The van der Waals surface area contributed by atoms with E-state index in [1.165, 1.54) is 6.07 Å². The number of benzene rings is 2.